The van der Waals surface area contributed by atoms with E-state index in [1.807, 2.05) is 0 Å². The van der Waals surface area contributed by atoms with Crippen molar-refractivity contribution in [2.75, 3.05) is 13.2 Å². The summed E-state index contributed by atoms with van der Waals surface area (Å²) in [5.74, 6) is 0.965. The molecule has 3 fully saturated rings. The Hall–Kier alpha value is -1.58. The smallest absolute Gasteiger partial charge is 0.0514 e. The van der Waals surface area contributed by atoms with Crippen LogP contribution in [0.4, 0.5) is 0 Å². The van der Waals surface area contributed by atoms with Crippen LogP contribution in [-0.2, 0) is 6.42 Å². The molecule has 4 aliphatic heterocycles. The van der Waals surface area contributed by atoms with E-state index in [4.69, 9.17) is 0 Å². The summed E-state index contributed by atoms with van der Waals surface area (Å²) in [5.41, 5.74) is 5.74. The number of aliphatic hydroxyl groups is 1. The molecule has 2 aromatic rings. The van der Waals surface area contributed by atoms with Crippen molar-refractivity contribution in [2.45, 2.75) is 31.8 Å². The molecule has 22 heavy (non-hydrogen) atoms. The lowest BCUT2D eigenvalue weighted by Gasteiger charge is -2.58. The van der Waals surface area contributed by atoms with Gasteiger partial charge in [-0.25, -0.2) is 0 Å². The Morgan fingerprint density at radius 3 is 3.05 bits per heavy atom. The molecular weight excluding hydrogens is 272 g/mol. The van der Waals surface area contributed by atoms with E-state index in [9.17, 15) is 5.11 Å². The number of hydrogen-bond donors (Lipinski definition) is 2. The fraction of sp³-hybridized carbons (Fsp3) is 0.474. The largest absolute Gasteiger partial charge is 0.396 e. The molecule has 2 N–H and O–H groups in total. The second kappa shape index (κ2) is 4.46. The Kier molecular flexibility index (Phi) is 2.62. The lowest BCUT2D eigenvalue weighted by molar-refractivity contribution is -0.0503. The van der Waals surface area contributed by atoms with Crippen molar-refractivity contribution in [1.29, 1.82) is 0 Å². The minimum absolute atomic E-state index is 0.313. The Labute approximate surface area is 130 Å². The summed E-state index contributed by atoms with van der Waals surface area (Å²) in [4.78, 5) is 6.35. The monoisotopic (exact) mass is 294 g/mol. The van der Waals surface area contributed by atoms with Gasteiger partial charge in [0, 0.05) is 41.7 Å². The van der Waals surface area contributed by atoms with Gasteiger partial charge in [0.15, 0.2) is 0 Å². The number of nitrogens with zero attached hydrogens (tertiary/aromatic N) is 1. The summed E-state index contributed by atoms with van der Waals surface area (Å²) in [7, 11) is 0. The Morgan fingerprint density at radius 2 is 2.23 bits per heavy atom. The third-order valence-corrected chi connectivity index (χ3v) is 6.33. The van der Waals surface area contributed by atoms with E-state index in [0.717, 1.165) is 19.4 Å². The zero-order valence-corrected chi connectivity index (χ0v) is 12.9. The van der Waals surface area contributed by atoms with E-state index in [0.29, 0.717) is 30.5 Å². The van der Waals surface area contributed by atoms with Gasteiger partial charge in [-0.05, 0) is 37.3 Å². The normalized spacial score (nSPS) is 37.7. The quantitative estimate of drug-likeness (QED) is 0.794. The lowest BCUT2D eigenvalue weighted by atomic mass is 9.64. The van der Waals surface area contributed by atoms with Crippen LogP contribution >= 0.6 is 0 Å². The van der Waals surface area contributed by atoms with Crippen molar-refractivity contribution in [3.8, 4) is 0 Å². The van der Waals surface area contributed by atoms with E-state index >= 15 is 0 Å². The molecule has 1 aromatic carbocycles. The number of H-pyrrole nitrogens is 1. The highest BCUT2D eigenvalue weighted by atomic mass is 16.3. The SMILES string of the molecule is C/C=C1\CN2[C@@H]3C[C@@H]1C(CO)[C@H]2Cc1c3[nH]c2ccccc12. The molecule has 3 nitrogen and oxygen atoms in total. The highest BCUT2D eigenvalue weighted by Gasteiger charge is 2.52. The van der Waals surface area contributed by atoms with Crippen molar-refractivity contribution >= 4 is 10.9 Å². The van der Waals surface area contributed by atoms with Crippen LogP contribution in [0, 0.1) is 11.8 Å². The van der Waals surface area contributed by atoms with Gasteiger partial charge in [0.1, 0.15) is 0 Å². The van der Waals surface area contributed by atoms with Gasteiger partial charge in [-0.1, -0.05) is 29.8 Å². The van der Waals surface area contributed by atoms with Gasteiger partial charge in [0.05, 0.1) is 6.04 Å². The molecule has 6 rings (SSSR count). The minimum atomic E-state index is 0.313. The summed E-state index contributed by atoms with van der Waals surface area (Å²) in [6.07, 6.45) is 4.51. The molecule has 0 amide bonds. The van der Waals surface area contributed by atoms with Crippen molar-refractivity contribution in [1.82, 2.24) is 9.88 Å². The highest BCUT2D eigenvalue weighted by Crippen LogP contribution is 2.53. The predicted octanol–water partition coefficient (Wildman–Crippen LogP) is 3.02. The van der Waals surface area contributed by atoms with Crippen LogP contribution in [-0.4, -0.2) is 34.2 Å². The molecule has 2 unspecified atom stereocenters. The molecule has 5 heterocycles. The summed E-state index contributed by atoms with van der Waals surface area (Å²) in [5, 5.41) is 11.4. The van der Waals surface area contributed by atoms with Crippen LogP contribution < -0.4 is 0 Å². The number of benzene rings is 1. The van der Waals surface area contributed by atoms with Crippen LogP contribution in [0.25, 0.3) is 10.9 Å². The molecule has 4 bridgehead atoms. The highest BCUT2D eigenvalue weighted by molar-refractivity contribution is 5.85. The number of rotatable bonds is 1. The minimum Gasteiger partial charge on any atom is -0.396 e. The van der Waals surface area contributed by atoms with Crippen LogP contribution in [0.3, 0.4) is 0 Å². The second-order valence-electron chi connectivity index (χ2n) is 7.07. The zero-order chi connectivity index (χ0) is 14.8. The number of fused-ring (bicyclic) bond motifs is 4. The maximum absolute atomic E-state index is 9.99. The summed E-state index contributed by atoms with van der Waals surface area (Å²) in [6.45, 7) is 3.55. The number of nitrogens with one attached hydrogen (secondary N) is 1. The molecule has 0 saturated carbocycles. The number of aliphatic hydroxyl groups excluding tert-OH is 1. The first-order valence-corrected chi connectivity index (χ1v) is 8.43. The Balaban J connectivity index is 1.69. The molecule has 3 heteroatoms. The third-order valence-electron chi connectivity index (χ3n) is 6.33. The average Bonchev–Trinajstić information content (AvgIpc) is 2.93. The van der Waals surface area contributed by atoms with Gasteiger partial charge in [-0.2, -0.15) is 0 Å². The number of aromatic nitrogens is 1. The molecule has 4 aliphatic rings. The lowest BCUT2D eigenvalue weighted by Crippen LogP contribution is -2.60. The van der Waals surface area contributed by atoms with E-state index in [-0.39, 0.29) is 0 Å². The van der Waals surface area contributed by atoms with Gasteiger partial charge in [-0.15, -0.1) is 0 Å². The molecule has 3 saturated heterocycles. The van der Waals surface area contributed by atoms with Crippen molar-refractivity contribution in [3.05, 3.63) is 47.2 Å². The maximum Gasteiger partial charge on any atom is 0.0514 e. The van der Waals surface area contributed by atoms with E-state index in [1.54, 1.807) is 0 Å². The van der Waals surface area contributed by atoms with Gasteiger partial charge >= 0.3 is 0 Å². The topological polar surface area (TPSA) is 39.3 Å². The predicted molar refractivity (Wildman–Crippen MR) is 87.7 cm³/mol. The molecule has 114 valence electrons. The van der Waals surface area contributed by atoms with Crippen LogP contribution in [0.15, 0.2) is 35.9 Å². The van der Waals surface area contributed by atoms with E-state index in [1.165, 1.54) is 27.7 Å². The second-order valence-corrected chi connectivity index (χ2v) is 7.07. The van der Waals surface area contributed by atoms with Crippen molar-refractivity contribution < 1.29 is 5.11 Å². The third kappa shape index (κ3) is 1.48. The molecule has 5 atom stereocenters. The molecule has 0 aliphatic carbocycles. The van der Waals surface area contributed by atoms with E-state index < -0.39 is 0 Å². The van der Waals surface area contributed by atoms with Crippen LogP contribution in [0.1, 0.15) is 30.6 Å². The van der Waals surface area contributed by atoms with E-state index in [2.05, 4.69) is 47.1 Å². The van der Waals surface area contributed by atoms with Crippen molar-refractivity contribution in [3.63, 3.8) is 0 Å². The van der Waals surface area contributed by atoms with Gasteiger partial charge in [0.2, 0.25) is 0 Å². The fourth-order valence-corrected chi connectivity index (χ4v) is 5.32. The Bertz CT molecular complexity index is 775. The summed E-state index contributed by atoms with van der Waals surface area (Å²) < 4.78 is 0. The van der Waals surface area contributed by atoms with Gasteiger partial charge in [0.25, 0.3) is 0 Å². The first-order valence-electron chi connectivity index (χ1n) is 8.43. The Morgan fingerprint density at radius 1 is 1.36 bits per heavy atom. The van der Waals surface area contributed by atoms with Crippen LogP contribution in [0.2, 0.25) is 0 Å². The zero-order valence-electron chi connectivity index (χ0n) is 12.9. The number of hydrogen-bond acceptors (Lipinski definition) is 2. The fourth-order valence-electron chi connectivity index (χ4n) is 5.32. The first kappa shape index (κ1) is 12.9. The molecule has 0 spiro atoms. The van der Waals surface area contributed by atoms with Crippen LogP contribution in [0.5, 0.6) is 0 Å². The molecule has 0 radical (unpaired) electrons. The first-order chi connectivity index (χ1) is 10.8. The number of aromatic amines is 1. The molecule has 1 aromatic heterocycles. The van der Waals surface area contributed by atoms with Crippen molar-refractivity contribution in [2.24, 2.45) is 11.8 Å². The van der Waals surface area contributed by atoms with Gasteiger partial charge in [-0.3, -0.25) is 4.90 Å². The summed E-state index contributed by atoms with van der Waals surface area (Å²) >= 11 is 0. The molecular formula is C19H22N2O. The number of para-hydroxylation sites is 1. The average molecular weight is 294 g/mol. The maximum atomic E-state index is 9.99. The standard InChI is InChI=1S/C19H22N2O/c1-2-11-9-21-17-8-14-12-5-3-4-6-16(12)20-19(14)18(21)7-13(11)15(17)10-22/h2-6,13,15,17-18,20,22H,7-10H2,1H3/b11-2+/t13-,15?,17+,18+/m0/s1. The van der Waals surface area contributed by atoms with Gasteiger partial charge < -0.3 is 10.1 Å². The summed E-state index contributed by atoms with van der Waals surface area (Å²) in [6, 6.07) is 9.68. The number of piperidine rings is 3. The number of allylic oxidation sites excluding steroid dienone is 1.